The van der Waals surface area contributed by atoms with E-state index in [4.69, 9.17) is 5.26 Å². The fourth-order valence-electron chi connectivity index (χ4n) is 2.56. The van der Waals surface area contributed by atoms with E-state index in [9.17, 15) is 10.2 Å². The maximum Gasteiger partial charge on any atom is 0.206 e. The molecule has 4 heteroatoms. The summed E-state index contributed by atoms with van der Waals surface area (Å²) in [6.45, 7) is 1.82. The minimum atomic E-state index is -0.189. The first-order valence-corrected chi connectivity index (χ1v) is 6.48. The Balaban J connectivity index is 2.35. The highest BCUT2D eigenvalue weighted by Gasteiger charge is 2.15. The van der Waals surface area contributed by atoms with Gasteiger partial charge in [0.25, 0.3) is 0 Å². The van der Waals surface area contributed by atoms with Crippen LogP contribution in [0.3, 0.4) is 0 Å². The van der Waals surface area contributed by atoms with Gasteiger partial charge in [-0.2, -0.15) is 0 Å². The average Bonchev–Trinajstić information content (AvgIpc) is 2.49. The molecule has 3 aromatic rings. The van der Waals surface area contributed by atoms with Gasteiger partial charge in [0, 0.05) is 5.56 Å². The van der Waals surface area contributed by atoms with Gasteiger partial charge in [-0.15, -0.1) is 0 Å². The van der Waals surface area contributed by atoms with Crippen LogP contribution in [0.25, 0.3) is 21.9 Å². The summed E-state index contributed by atoms with van der Waals surface area (Å²) in [6.07, 6.45) is 0. The van der Waals surface area contributed by atoms with Gasteiger partial charge in [-0.25, -0.2) is 5.26 Å². The van der Waals surface area contributed by atoms with Crippen molar-refractivity contribution in [3.8, 4) is 28.4 Å². The van der Waals surface area contributed by atoms with Gasteiger partial charge in [-0.05, 0) is 47.0 Å². The van der Waals surface area contributed by atoms with Crippen molar-refractivity contribution >= 4 is 10.8 Å². The van der Waals surface area contributed by atoms with E-state index in [1.165, 1.54) is 12.1 Å². The first-order valence-electron chi connectivity index (χ1n) is 6.48. The summed E-state index contributed by atoms with van der Waals surface area (Å²) in [4.78, 5) is 4.12. The standard InChI is InChI=1S/C17H14O4/c1-10-8-16(21-20)15(19)9-13(10)17-12-5-3-2-4-11(12)6-7-14(17)18/h2-9,18-20H,1H3. The molecule has 21 heavy (non-hydrogen) atoms. The van der Waals surface area contributed by atoms with Crippen LogP contribution in [0.1, 0.15) is 5.56 Å². The number of rotatable bonds is 2. The molecule has 3 N–H and O–H groups in total. The first-order chi connectivity index (χ1) is 10.1. The van der Waals surface area contributed by atoms with Crippen LogP contribution < -0.4 is 4.89 Å². The van der Waals surface area contributed by atoms with Gasteiger partial charge < -0.3 is 15.1 Å². The van der Waals surface area contributed by atoms with Crippen LogP contribution in [0.2, 0.25) is 0 Å². The zero-order valence-corrected chi connectivity index (χ0v) is 11.4. The fraction of sp³-hybridized carbons (Fsp3) is 0.0588. The molecule has 0 aromatic heterocycles. The maximum atomic E-state index is 10.2. The Bertz CT molecular complexity index is 824. The lowest BCUT2D eigenvalue weighted by Gasteiger charge is -2.13. The molecule has 0 unspecified atom stereocenters. The van der Waals surface area contributed by atoms with Gasteiger partial charge in [-0.3, -0.25) is 0 Å². The highest BCUT2D eigenvalue weighted by atomic mass is 17.1. The number of hydrogen-bond acceptors (Lipinski definition) is 4. The normalized spacial score (nSPS) is 10.8. The van der Waals surface area contributed by atoms with Crippen LogP contribution in [0, 0.1) is 6.92 Å². The summed E-state index contributed by atoms with van der Waals surface area (Å²) in [5.74, 6) is -0.0738. The van der Waals surface area contributed by atoms with Crippen molar-refractivity contribution in [3.05, 3.63) is 54.1 Å². The molecular weight excluding hydrogens is 268 g/mol. The van der Waals surface area contributed by atoms with Crippen LogP contribution in [-0.4, -0.2) is 15.5 Å². The second kappa shape index (κ2) is 5.00. The van der Waals surface area contributed by atoms with E-state index < -0.39 is 0 Å². The van der Waals surface area contributed by atoms with E-state index >= 15 is 0 Å². The summed E-state index contributed by atoms with van der Waals surface area (Å²) >= 11 is 0. The SMILES string of the molecule is Cc1cc(OO)c(O)cc1-c1c(O)ccc2ccccc12. The molecule has 0 fully saturated rings. The van der Waals surface area contributed by atoms with Crippen molar-refractivity contribution < 1.29 is 20.4 Å². The molecule has 0 spiro atoms. The Morgan fingerprint density at radius 2 is 1.67 bits per heavy atom. The van der Waals surface area contributed by atoms with Crippen LogP contribution in [0.5, 0.6) is 17.2 Å². The van der Waals surface area contributed by atoms with Gasteiger partial charge in [0.2, 0.25) is 5.75 Å². The molecule has 0 aliphatic carbocycles. The van der Waals surface area contributed by atoms with Gasteiger partial charge in [0.1, 0.15) is 5.75 Å². The third-order valence-corrected chi connectivity index (χ3v) is 3.58. The molecule has 0 bridgehead atoms. The van der Waals surface area contributed by atoms with Crippen molar-refractivity contribution in [1.82, 2.24) is 0 Å². The molecule has 0 saturated carbocycles. The number of aryl methyl sites for hydroxylation is 1. The zero-order valence-electron chi connectivity index (χ0n) is 11.4. The van der Waals surface area contributed by atoms with Crippen LogP contribution >= 0.6 is 0 Å². The summed E-state index contributed by atoms with van der Waals surface area (Å²) in [5.41, 5.74) is 2.09. The minimum absolute atomic E-state index is 0.0176. The van der Waals surface area contributed by atoms with Crippen LogP contribution in [0.4, 0.5) is 0 Å². The number of benzene rings is 3. The number of phenolic OH excluding ortho intramolecular Hbond substituents is 2. The molecule has 106 valence electrons. The van der Waals surface area contributed by atoms with Gasteiger partial charge in [0.05, 0.1) is 0 Å². The van der Waals surface area contributed by atoms with Gasteiger partial charge >= 0.3 is 0 Å². The molecule has 4 nitrogen and oxygen atoms in total. The Kier molecular flexibility index (Phi) is 3.16. The molecule has 0 saturated heterocycles. The Labute approximate surface area is 121 Å². The van der Waals surface area contributed by atoms with E-state index in [-0.39, 0.29) is 17.2 Å². The highest BCUT2D eigenvalue weighted by Crippen LogP contribution is 2.41. The molecule has 0 atom stereocenters. The molecule has 0 aliphatic heterocycles. The molecule has 0 aliphatic rings. The lowest BCUT2D eigenvalue weighted by atomic mass is 9.94. The predicted octanol–water partition coefficient (Wildman–Crippen LogP) is 4.08. The van der Waals surface area contributed by atoms with Crippen LogP contribution in [-0.2, 0) is 0 Å². The second-order valence-corrected chi connectivity index (χ2v) is 4.91. The maximum absolute atomic E-state index is 10.2. The molecule has 0 amide bonds. The second-order valence-electron chi connectivity index (χ2n) is 4.91. The van der Waals surface area contributed by atoms with E-state index in [1.807, 2.05) is 37.3 Å². The van der Waals surface area contributed by atoms with Crippen molar-refractivity contribution in [3.63, 3.8) is 0 Å². The van der Waals surface area contributed by atoms with Crippen molar-refractivity contribution in [2.24, 2.45) is 0 Å². The highest BCUT2D eigenvalue weighted by molar-refractivity contribution is 6.00. The van der Waals surface area contributed by atoms with Gasteiger partial charge in [-0.1, -0.05) is 30.3 Å². The number of aromatic hydroxyl groups is 2. The Morgan fingerprint density at radius 3 is 2.43 bits per heavy atom. The van der Waals surface area contributed by atoms with Crippen molar-refractivity contribution in [1.29, 1.82) is 0 Å². The monoisotopic (exact) mass is 282 g/mol. The van der Waals surface area contributed by atoms with Crippen LogP contribution in [0.15, 0.2) is 48.5 Å². The van der Waals surface area contributed by atoms with Crippen molar-refractivity contribution in [2.45, 2.75) is 6.92 Å². The summed E-state index contributed by atoms with van der Waals surface area (Å²) in [5, 5.41) is 30.7. The number of hydrogen-bond donors (Lipinski definition) is 3. The fourth-order valence-corrected chi connectivity index (χ4v) is 2.56. The van der Waals surface area contributed by atoms with Crippen molar-refractivity contribution in [2.75, 3.05) is 0 Å². The lowest BCUT2D eigenvalue weighted by Crippen LogP contribution is -1.90. The topological polar surface area (TPSA) is 69.9 Å². The van der Waals surface area contributed by atoms with E-state index in [2.05, 4.69) is 4.89 Å². The zero-order chi connectivity index (χ0) is 15.0. The molecule has 0 heterocycles. The Hall–Kier alpha value is -2.72. The minimum Gasteiger partial charge on any atom is -0.507 e. The summed E-state index contributed by atoms with van der Waals surface area (Å²) in [7, 11) is 0. The average molecular weight is 282 g/mol. The largest absolute Gasteiger partial charge is 0.507 e. The third-order valence-electron chi connectivity index (χ3n) is 3.58. The smallest absolute Gasteiger partial charge is 0.206 e. The van der Waals surface area contributed by atoms with Gasteiger partial charge in [0.15, 0.2) is 5.75 Å². The predicted molar refractivity (Wildman–Crippen MR) is 80.7 cm³/mol. The lowest BCUT2D eigenvalue weighted by molar-refractivity contribution is -0.139. The summed E-state index contributed by atoms with van der Waals surface area (Å²) < 4.78 is 0. The first kappa shape index (κ1) is 13.3. The molecule has 3 rings (SSSR count). The quantitative estimate of drug-likeness (QED) is 0.489. The van der Waals surface area contributed by atoms with E-state index in [0.29, 0.717) is 11.1 Å². The molecular formula is C17H14O4. The number of fused-ring (bicyclic) bond motifs is 1. The van der Waals surface area contributed by atoms with E-state index in [0.717, 1.165) is 16.3 Å². The molecule has 3 aromatic carbocycles. The number of phenols is 2. The van der Waals surface area contributed by atoms with E-state index in [1.54, 1.807) is 6.07 Å². The summed E-state index contributed by atoms with van der Waals surface area (Å²) in [6, 6.07) is 14.2. The third kappa shape index (κ3) is 2.15. The Morgan fingerprint density at radius 1 is 0.905 bits per heavy atom. The molecule has 0 radical (unpaired) electrons.